The van der Waals surface area contributed by atoms with Crippen LogP contribution in [0.15, 0.2) is 24.3 Å². The van der Waals surface area contributed by atoms with Gasteiger partial charge in [-0.05, 0) is 38.3 Å². The molecule has 2 aromatic rings. The van der Waals surface area contributed by atoms with Crippen LogP contribution in [0.1, 0.15) is 37.1 Å². The molecule has 1 fully saturated rings. The quantitative estimate of drug-likeness (QED) is 0.902. The van der Waals surface area contributed by atoms with Gasteiger partial charge in [0.05, 0.1) is 0 Å². The molecule has 1 heterocycles. The van der Waals surface area contributed by atoms with Gasteiger partial charge >= 0.3 is 0 Å². The fourth-order valence-corrected chi connectivity index (χ4v) is 2.05. The Labute approximate surface area is 123 Å². The second kappa shape index (κ2) is 5.68. The highest BCUT2D eigenvalue weighted by Gasteiger charge is 2.27. The van der Waals surface area contributed by atoms with E-state index in [1.165, 1.54) is 6.07 Å². The summed E-state index contributed by atoms with van der Waals surface area (Å²) in [6.45, 7) is 4.51. The Kier molecular flexibility index (Phi) is 3.73. The van der Waals surface area contributed by atoms with E-state index in [1.54, 1.807) is 25.1 Å². The van der Waals surface area contributed by atoms with Gasteiger partial charge < -0.3 is 10.1 Å². The molecule has 1 N–H and O–H groups in total. The maximum atomic E-state index is 13.6. The van der Waals surface area contributed by atoms with E-state index in [0.717, 1.165) is 31.0 Å². The molecule has 5 heteroatoms. The molecule has 21 heavy (non-hydrogen) atoms. The van der Waals surface area contributed by atoms with Crippen molar-refractivity contribution in [2.24, 2.45) is 0 Å². The van der Waals surface area contributed by atoms with Crippen LogP contribution in [0.2, 0.25) is 0 Å². The molecule has 0 spiro atoms. The van der Waals surface area contributed by atoms with Gasteiger partial charge in [-0.25, -0.2) is 9.37 Å². The number of benzene rings is 1. The smallest absolute Gasteiger partial charge is 0.224 e. The van der Waals surface area contributed by atoms with Crippen molar-refractivity contribution in [2.45, 2.75) is 32.6 Å². The molecule has 0 radical (unpaired) electrons. The molecule has 0 unspecified atom stereocenters. The molecule has 1 aromatic heterocycles. The van der Waals surface area contributed by atoms with Crippen LogP contribution >= 0.6 is 0 Å². The Morgan fingerprint density at radius 3 is 2.76 bits per heavy atom. The summed E-state index contributed by atoms with van der Waals surface area (Å²) in [4.78, 5) is 8.91. The molecule has 4 nitrogen and oxygen atoms in total. The van der Waals surface area contributed by atoms with Crippen molar-refractivity contribution < 1.29 is 9.13 Å². The van der Waals surface area contributed by atoms with E-state index in [2.05, 4.69) is 15.3 Å². The molecule has 3 rings (SSSR count). The van der Waals surface area contributed by atoms with E-state index in [9.17, 15) is 4.39 Å². The zero-order chi connectivity index (χ0) is 14.8. The van der Waals surface area contributed by atoms with E-state index in [-0.39, 0.29) is 5.82 Å². The number of hydrogen-bond donors (Lipinski definition) is 1. The minimum atomic E-state index is -0.282. The number of halogens is 1. The summed E-state index contributed by atoms with van der Waals surface area (Å²) in [5.74, 6) is 2.59. The zero-order valence-electron chi connectivity index (χ0n) is 12.2. The predicted molar refractivity (Wildman–Crippen MR) is 79.4 cm³/mol. The van der Waals surface area contributed by atoms with Gasteiger partial charge in [0.25, 0.3) is 0 Å². The van der Waals surface area contributed by atoms with Crippen LogP contribution in [0, 0.1) is 12.7 Å². The first kappa shape index (κ1) is 13.8. The zero-order valence-corrected chi connectivity index (χ0v) is 12.2. The van der Waals surface area contributed by atoms with Crippen LogP contribution in [-0.4, -0.2) is 16.5 Å². The monoisotopic (exact) mass is 287 g/mol. The van der Waals surface area contributed by atoms with Gasteiger partial charge in [0.1, 0.15) is 23.2 Å². The van der Waals surface area contributed by atoms with Crippen molar-refractivity contribution in [3.8, 4) is 11.6 Å². The third kappa shape index (κ3) is 3.29. The molecule has 0 atom stereocenters. The summed E-state index contributed by atoms with van der Waals surface area (Å²) < 4.78 is 19.3. The van der Waals surface area contributed by atoms with E-state index >= 15 is 0 Å². The lowest BCUT2D eigenvalue weighted by Crippen LogP contribution is -2.04. The highest BCUT2D eigenvalue weighted by molar-refractivity contribution is 5.41. The first-order valence-electron chi connectivity index (χ1n) is 7.22. The summed E-state index contributed by atoms with van der Waals surface area (Å²) in [5, 5.41) is 3.17. The van der Waals surface area contributed by atoms with Crippen molar-refractivity contribution in [3.05, 3.63) is 41.5 Å². The normalized spacial score (nSPS) is 14.0. The van der Waals surface area contributed by atoms with E-state index in [0.29, 0.717) is 23.1 Å². The topological polar surface area (TPSA) is 47.0 Å². The summed E-state index contributed by atoms with van der Waals surface area (Å²) in [7, 11) is 0. The Balaban J connectivity index is 1.87. The molecule has 0 aliphatic heterocycles. The van der Waals surface area contributed by atoms with Crippen molar-refractivity contribution in [3.63, 3.8) is 0 Å². The number of hydrogen-bond acceptors (Lipinski definition) is 4. The first-order valence-corrected chi connectivity index (χ1v) is 7.22. The molecule has 110 valence electrons. The van der Waals surface area contributed by atoms with Gasteiger partial charge in [0.15, 0.2) is 0 Å². The van der Waals surface area contributed by atoms with E-state index < -0.39 is 0 Å². The molecule has 0 saturated heterocycles. The largest absolute Gasteiger partial charge is 0.439 e. The summed E-state index contributed by atoms with van der Waals surface area (Å²) in [5.41, 5.74) is 0.594. The Morgan fingerprint density at radius 1 is 1.29 bits per heavy atom. The summed E-state index contributed by atoms with van der Waals surface area (Å²) in [6, 6.07) is 6.55. The summed E-state index contributed by atoms with van der Waals surface area (Å²) in [6.07, 6.45) is 2.24. The lowest BCUT2D eigenvalue weighted by atomic mass is 10.2. The average molecular weight is 287 g/mol. The minimum absolute atomic E-state index is 0.282. The number of ether oxygens (including phenoxy) is 1. The van der Waals surface area contributed by atoms with E-state index in [4.69, 9.17) is 4.74 Å². The minimum Gasteiger partial charge on any atom is -0.439 e. The lowest BCUT2D eigenvalue weighted by molar-refractivity contribution is 0.454. The van der Waals surface area contributed by atoms with Crippen LogP contribution in [0.5, 0.6) is 11.6 Å². The van der Waals surface area contributed by atoms with Crippen LogP contribution < -0.4 is 10.1 Å². The molecule has 1 aromatic carbocycles. The van der Waals surface area contributed by atoms with Crippen molar-refractivity contribution >= 4 is 5.82 Å². The highest BCUT2D eigenvalue weighted by Crippen LogP contribution is 2.39. The molecule has 0 bridgehead atoms. The molecule has 1 aliphatic carbocycles. The van der Waals surface area contributed by atoms with Gasteiger partial charge in [-0.15, -0.1) is 0 Å². The van der Waals surface area contributed by atoms with Gasteiger partial charge in [0.2, 0.25) is 5.88 Å². The number of rotatable bonds is 5. The average Bonchev–Trinajstić information content (AvgIpc) is 3.28. The number of aryl methyl sites for hydroxylation is 1. The van der Waals surface area contributed by atoms with Gasteiger partial charge in [-0.3, -0.25) is 0 Å². The van der Waals surface area contributed by atoms with Crippen LogP contribution in [0.4, 0.5) is 10.2 Å². The van der Waals surface area contributed by atoms with Crippen LogP contribution in [-0.2, 0) is 0 Å². The third-order valence-corrected chi connectivity index (χ3v) is 3.39. The number of nitrogens with one attached hydrogen (secondary N) is 1. The highest BCUT2D eigenvalue weighted by atomic mass is 19.1. The second-order valence-corrected chi connectivity index (χ2v) is 5.27. The molecular formula is C16H18FN3O. The molecule has 1 aliphatic rings. The Hall–Kier alpha value is -2.17. The summed E-state index contributed by atoms with van der Waals surface area (Å²) >= 11 is 0. The predicted octanol–water partition coefficient (Wildman–Crippen LogP) is 4.03. The fourth-order valence-electron chi connectivity index (χ4n) is 2.05. The first-order chi connectivity index (χ1) is 10.2. The van der Waals surface area contributed by atoms with Crippen molar-refractivity contribution in [2.75, 3.05) is 11.9 Å². The maximum absolute atomic E-state index is 13.6. The van der Waals surface area contributed by atoms with Crippen LogP contribution in [0.25, 0.3) is 0 Å². The maximum Gasteiger partial charge on any atom is 0.224 e. The SMILES string of the molecule is CCNc1cc(Oc2ccc(C)c(F)c2)nc(C2CC2)n1. The lowest BCUT2D eigenvalue weighted by Gasteiger charge is -2.10. The number of anilines is 1. The Morgan fingerprint density at radius 2 is 2.10 bits per heavy atom. The van der Waals surface area contributed by atoms with Crippen LogP contribution in [0.3, 0.4) is 0 Å². The van der Waals surface area contributed by atoms with Gasteiger partial charge in [0, 0.05) is 24.6 Å². The second-order valence-electron chi connectivity index (χ2n) is 5.27. The van der Waals surface area contributed by atoms with E-state index in [1.807, 2.05) is 6.92 Å². The third-order valence-electron chi connectivity index (χ3n) is 3.39. The van der Waals surface area contributed by atoms with Crippen molar-refractivity contribution in [1.82, 2.24) is 9.97 Å². The molecule has 0 amide bonds. The number of aromatic nitrogens is 2. The van der Waals surface area contributed by atoms with Crippen molar-refractivity contribution in [1.29, 1.82) is 0 Å². The molecule has 1 saturated carbocycles. The van der Waals surface area contributed by atoms with Gasteiger partial charge in [-0.2, -0.15) is 4.98 Å². The fraction of sp³-hybridized carbons (Fsp3) is 0.375. The standard InChI is InChI=1S/C16H18FN3O/c1-3-18-14-9-15(20-16(19-14)11-5-6-11)21-12-7-4-10(2)13(17)8-12/h4,7-9,11H,3,5-6H2,1-2H3,(H,18,19,20). The van der Waals surface area contributed by atoms with Gasteiger partial charge in [-0.1, -0.05) is 6.07 Å². The molecular weight excluding hydrogens is 269 g/mol. The Bertz CT molecular complexity index is 656. The number of nitrogens with zero attached hydrogens (tertiary/aromatic N) is 2.